The van der Waals surface area contributed by atoms with Crippen LogP contribution in [0, 0.1) is 5.92 Å². The van der Waals surface area contributed by atoms with Gasteiger partial charge < -0.3 is 10.1 Å². The number of halogens is 1. The fraction of sp³-hybridized carbons (Fsp3) is 0.625. The minimum Gasteiger partial charge on any atom is -0.493 e. The summed E-state index contributed by atoms with van der Waals surface area (Å²) in [6, 6.07) is 6.26. The molecule has 0 bridgehead atoms. The van der Waals surface area contributed by atoms with E-state index in [-0.39, 0.29) is 0 Å². The van der Waals surface area contributed by atoms with Crippen molar-refractivity contribution >= 4 is 15.9 Å². The van der Waals surface area contributed by atoms with E-state index in [9.17, 15) is 0 Å². The first kappa shape index (κ1) is 16.5. The van der Waals surface area contributed by atoms with Crippen molar-refractivity contribution in [2.24, 2.45) is 5.92 Å². The lowest BCUT2D eigenvalue weighted by molar-refractivity contribution is 0.253. The summed E-state index contributed by atoms with van der Waals surface area (Å²) in [6.07, 6.45) is 1.18. The molecule has 1 unspecified atom stereocenters. The first-order valence-corrected chi connectivity index (χ1v) is 7.96. The Labute approximate surface area is 126 Å². The monoisotopic (exact) mass is 327 g/mol. The zero-order chi connectivity index (χ0) is 14.3. The van der Waals surface area contributed by atoms with E-state index in [1.54, 1.807) is 0 Å². The molecule has 0 spiro atoms. The Balaban J connectivity index is 2.52. The summed E-state index contributed by atoms with van der Waals surface area (Å²) in [7, 11) is 0. The highest BCUT2D eigenvalue weighted by Gasteiger charge is 2.10. The van der Waals surface area contributed by atoms with Crippen molar-refractivity contribution < 1.29 is 4.74 Å². The van der Waals surface area contributed by atoms with E-state index in [0.717, 1.165) is 29.9 Å². The fourth-order valence-corrected chi connectivity index (χ4v) is 2.30. The standard InChI is InChI=1S/C16H26BrNO/c1-5-8-18-10-13(4)11-19-16-7-6-14(17)9-15(16)12(2)3/h6-7,9,12-13,18H,5,8,10-11H2,1-4H3. The Morgan fingerprint density at radius 1 is 1.26 bits per heavy atom. The molecule has 0 radical (unpaired) electrons. The number of hydrogen-bond donors (Lipinski definition) is 1. The van der Waals surface area contributed by atoms with E-state index in [0.29, 0.717) is 11.8 Å². The molecule has 108 valence electrons. The van der Waals surface area contributed by atoms with E-state index < -0.39 is 0 Å². The Bertz CT molecular complexity index is 379. The van der Waals surface area contributed by atoms with Gasteiger partial charge >= 0.3 is 0 Å². The van der Waals surface area contributed by atoms with E-state index in [1.165, 1.54) is 12.0 Å². The van der Waals surface area contributed by atoms with Gasteiger partial charge in [-0.15, -0.1) is 0 Å². The molecule has 0 aliphatic heterocycles. The normalized spacial score (nSPS) is 12.7. The Kier molecular flexibility index (Phi) is 7.47. The molecule has 2 nitrogen and oxygen atoms in total. The maximum Gasteiger partial charge on any atom is 0.122 e. The highest BCUT2D eigenvalue weighted by Crippen LogP contribution is 2.29. The molecule has 1 aromatic carbocycles. The van der Waals surface area contributed by atoms with Gasteiger partial charge in [-0.1, -0.05) is 43.6 Å². The lowest BCUT2D eigenvalue weighted by atomic mass is 10.0. The lowest BCUT2D eigenvalue weighted by Gasteiger charge is -2.18. The lowest BCUT2D eigenvalue weighted by Crippen LogP contribution is -2.25. The number of nitrogens with one attached hydrogen (secondary N) is 1. The molecular formula is C16H26BrNO. The maximum atomic E-state index is 5.99. The molecule has 0 fully saturated rings. The predicted molar refractivity (Wildman–Crippen MR) is 86.1 cm³/mol. The number of hydrogen-bond acceptors (Lipinski definition) is 2. The van der Waals surface area contributed by atoms with Crippen LogP contribution in [0.4, 0.5) is 0 Å². The number of rotatable bonds is 8. The maximum absolute atomic E-state index is 5.99. The van der Waals surface area contributed by atoms with Gasteiger partial charge in [-0.25, -0.2) is 0 Å². The van der Waals surface area contributed by atoms with Crippen molar-refractivity contribution in [1.82, 2.24) is 5.32 Å². The van der Waals surface area contributed by atoms with Crippen LogP contribution in [0.25, 0.3) is 0 Å². The van der Waals surface area contributed by atoms with Gasteiger partial charge in [0.15, 0.2) is 0 Å². The molecular weight excluding hydrogens is 302 g/mol. The second-order valence-electron chi connectivity index (χ2n) is 5.46. The molecule has 0 heterocycles. The number of ether oxygens (including phenoxy) is 1. The minimum atomic E-state index is 0.473. The van der Waals surface area contributed by atoms with Crippen LogP contribution in [0.3, 0.4) is 0 Å². The fourth-order valence-electron chi connectivity index (χ4n) is 1.92. The molecule has 1 rings (SSSR count). The third-order valence-corrected chi connectivity index (χ3v) is 3.53. The second-order valence-corrected chi connectivity index (χ2v) is 6.37. The van der Waals surface area contributed by atoms with E-state index in [1.807, 2.05) is 6.07 Å². The van der Waals surface area contributed by atoms with Gasteiger partial charge in [-0.2, -0.15) is 0 Å². The Hall–Kier alpha value is -0.540. The van der Waals surface area contributed by atoms with Gasteiger partial charge in [0.05, 0.1) is 6.61 Å². The van der Waals surface area contributed by atoms with Crippen LogP contribution in [0.1, 0.15) is 45.6 Å². The summed E-state index contributed by atoms with van der Waals surface area (Å²) in [5.41, 5.74) is 1.27. The van der Waals surface area contributed by atoms with Crippen LogP contribution >= 0.6 is 15.9 Å². The van der Waals surface area contributed by atoms with Crippen LogP contribution in [-0.2, 0) is 0 Å². The highest BCUT2D eigenvalue weighted by molar-refractivity contribution is 9.10. The summed E-state index contributed by atoms with van der Waals surface area (Å²) in [4.78, 5) is 0. The van der Waals surface area contributed by atoms with Gasteiger partial charge in [-0.05, 0) is 42.6 Å². The van der Waals surface area contributed by atoms with Gasteiger partial charge in [-0.3, -0.25) is 0 Å². The predicted octanol–water partition coefficient (Wildman–Crippen LogP) is 4.59. The van der Waals surface area contributed by atoms with Crippen LogP contribution in [0.15, 0.2) is 22.7 Å². The molecule has 0 aromatic heterocycles. The van der Waals surface area contributed by atoms with Gasteiger partial charge in [0.25, 0.3) is 0 Å². The average Bonchev–Trinajstić information content (AvgIpc) is 2.37. The summed E-state index contributed by atoms with van der Waals surface area (Å²) >= 11 is 3.52. The molecule has 0 aliphatic carbocycles. The van der Waals surface area contributed by atoms with Crippen LogP contribution in [0.2, 0.25) is 0 Å². The quantitative estimate of drug-likeness (QED) is 0.705. The summed E-state index contributed by atoms with van der Waals surface area (Å²) < 4.78 is 7.10. The first-order chi connectivity index (χ1) is 9.04. The summed E-state index contributed by atoms with van der Waals surface area (Å²) in [5, 5.41) is 3.43. The Morgan fingerprint density at radius 2 is 2.00 bits per heavy atom. The SMILES string of the molecule is CCCNCC(C)COc1ccc(Br)cc1C(C)C. The average molecular weight is 328 g/mol. The van der Waals surface area contributed by atoms with Crippen molar-refractivity contribution in [3.05, 3.63) is 28.2 Å². The van der Waals surface area contributed by atoms with Crippen molar-refractivity contribution in [3.63, 3.8) is 0 Å². The third kappa shape index (κ3) is 5.96. The van der Waals surface area contributed by atoms with Gasteiger partial charge in [0.2, 0.25) is 0 Å². The van der Waals surface area contributed by atoms with E-state index >= 15 is 0 Å². The van der Waals surface area contributed by atoms with Gasteiger partial charge in [0, 0.05) is 16.9 Å². The summed E-state index contributed by atoms with van der Waals surface area (Å²) in [5.74, 6) is 2.01. The van der Waals surface area contributed by atoms with Crippen molar-refractivity contribution in [1.29, 1.82) is 0 Å². The van der Waals surface area contributed by atoms with Crippen LogP contribution in [-0.4, -0.2) is 19.7 Å². The van der Waals surface area contributed by atoms with Gasteiger partial charge in [0.1, 0.15) is 5.75 Å². The number of benzene rings is 1. The molecule has 1 N–H and O–H groups in total. The van der Waals surface area contributed by atoms with Crippen molar-refractivity contribution in [2.75, 3.05) is 19.7 Å². The topological polar surface area (TPSA) is 21.3 Å². The summed E-state index contributed by atoms with van der Waals surface area (Å²) in [6.45, 7) is 11.7. The smallest absolute Gasteiger partial charge is 0.122 e. The molecule has 0 saturated heterocycles. The van der Waals surface area contributed by atoms with Crippen molar-refractivity contribution in [3.8, 4) is 5.75 Å². The van der Waals surface area contributed by atoms with Crippen LogP contribution in [0.5, 0.6) is 5.75 Å². The molecule has 0 saturated carbocycles. The molecule has 0 amide bonds. The highest BCUT2D eigenvalue weighted by atomic mass is 79.9. The third-order valence-electron chi connectivity index (χ3n) is 3.04. The van der Waals surface area contributed by atoms with E-state index in [2.05, 4.69) is 61.1 Å². The minimum absolute atomic E-state index is 0.473. The molecule has 19 heavy (non-hydrogen) atoms. The molecule has 3 heteroatoms. The Morgan fingerprint density at radius 3 is 2.63 bits per heavy atom. The first-order valence-electron chi connectivity index (χ1n) is 7.17. The molecule has 1 aromatic rings. The van der Waals surface area contributed by atoms with Crippen LogP contribution < -0.4 is 10.1 Å². The van der Waals surface area contributed by atoms with Crippen molar-refractivity contribution in [2.45, 2.75) is 40.0 Å². The second kappa shape index (κ2) is 8.60. The largest absolute Gasteiger partial charge is 0.493 e. The zero-order valence-electron chi connectivity index (χ0n) is 12.5. The van der Waals surface area contributed by atoms with E-state index in [4.69, 9.17) is 4.74 Å². The molecule has 1 atom stereocenters. The zero-order valence-corrected chi connectivity index (χ0v) is 14.1. The molecule has 0 aliphatic rings.